The molecule has 1 aliphatic rings. The molecule has 0 amide bonds. The van der Waals surface area contributed by atoms with E-state index < -0.39 is 5.79 Å². The minimum absolute atomic E-state index is 0.0285. The molecule has 0 saturated carbocycles. The van der Waals surface area contributed by atoms with Gasteiger partial charge in [-0.05, 0) is 0 Å². The molecule has 0 spiro atoms. The van der Waals surface area contributed by atoms with E-state index in [0.717, 1.165) is 11.3 Å². The molecule has 0 aliphatic carbocycles. The Morgan fingerprint density at radius 1 is 1.23 bits per heavy atom. The molecule has 1 aliphatic heterocycles. The van der Waals surface area contributed by atoms with Gasteiger partial charge in [0.05, 0.1) is 19.0 Å². The van der Waals surface area contributed by atoms with Gasteiger partial charge in [-0.15, -0.1) is 0 Å². The minimum atomic E-state index is -0.711. The topological polar surface area (TPSA) is 44.8 Å². The second kappa shape index (κ2) is 7.49. The first-order valence-electron chi connectivity index (χ1n) is 7.48. The zero-order valence-electron chi connectivity index (χ0n) is 13.5. The molecule has 0 N–H and O–H groups in total. The molecule has 1 saturated heterocycles. The summed E-state index contributed by atoms with van der Waals surface area (Å²) >= 11 is 1.67. The average Bonchev–Trinajstić information content (AvgIpc) is 2.49. The molecule has 1 fully saturated rings. The Kier molecular flexibility index (Phi) is 5.89. The van der Waals surface area contributed by atoms with Crippen molar-refractivity contribution in [1.82, 2.24) is 0 Å². The maximum absolute atomic E-state index is 10.8. The van der Waals surface area contributed by atoms with Crippen LogP contribution in [0.5, 0.6) is 0 Å². The summed E-state index contributed by atoms with van der Waals surface area (Å²) in [5.74, 6) is 0.446. The molecule has 1 aromatic carbocycles. The zero-order valence-corrected chi connectivity index (χ0v) is 14.3. The molecule has 5 heteroatoms. The first-order valence-corrected chi connectivity index (χ1v) is 8.64. The van der Waals surface area contributed by atoms with E-state index in [4.69, 9.17) is 14.2 Å². The Balaban J connectivity index is 1.99. The molecule has 4 nitrogen and oxygen atoms in total. The van der Waals surface area contributed by atoms with E-state index in [9.17, 15) is 4.79 Å². The Bertz CT molecular complexity index is 477. The summed E-state index contributed by atoms with van der Waals surface area (Å²) in [5, 5.41) is 0. The molecule has 0 radical (unpaired) electrons. The molecular weight excluding hydrogens is 300 g/mol. The van der Waals surface area contributed by atoms with Crippen LogP contribution >= 0.6 is 11.8 Å². The van der Waals surface area contributed by atoms with Gasteiger partial charge in [-0.1, -0.05) is 44.2 Å². The number of carbonyl (C=O) groups excluding carboxylic acids is 1. The fourth-order valence-corrected chi connectivity index (χ4v) is 3.13. The quantitative estimate of drug-likeness (QED) is 0.594. The molecule has 122 valence electrons. The van der Waals surface area contributed by atoms with Crippen LogP contribution in [0.15, 0.2) is 30.3 Å². The Labute approximate surface area is 136 Å². The summed E-state index contributed by atoms with van der Waals surface area (Å²) in [6.07, 6.45) is 0. The highest BCUT2D eigenvalue weighted by Crippen LogP contribution is 2.38. The highest BCUT2D eigenvalue weighted by atomic mass is 32.2. The van der Waals surface area contributed by atoms with Crippen LogP contribution in [0.3, 0.4) is 0 Å². The van der Waals surface area contributed by atoms with Crippen molar-refractivity contribution in [2.24, 2.45) is 5.41 Å². The molecule has 22 heavy (non-hydrogen) atoms. The maximum Gasteiger partial charge on any atom is 0.302 e. The molecule has 0 bridgehead atoms. The van der Waals surface area contributed by atoms with Crippen molar-refractivity contribution in [3.63, 3.8) is 0 Å². The predicted octanol–water partition coefficient (Wildman–Crippen LogP) is 3.21. The molecule has 1 aromatic rings. The van der Waals surface area contributed by atoms with Crippen molar-refractivity contribution in [1.29, 1.82) is 0 Å². The standard InChI is InChI=1S/C17H24O4S/c1-14(18)19-9-10-22-13-17(15-7-5-4-6-8-15)20-11-16(2,3)12-21-17/h4-8H,9-13H2,1-3H3. The van der Waals surface area contributed by atoms with E-state index in [-0.39, 0.29) is 11.4 Å². The van der Waals surface area contributed by atoms with Gasteiger partial charge in [0.2, 0.25) is 5.79 Å². The van der Waals surface area contributed by atoms with E-state index in [1.807, 2.05) is 30.3 Å². The largest absolute Gasteiger partial charge is 0.465 e. The second-order valence-corrected chi connectivity index (χ2v) is 7.36. The van der Waals surface area contributed by atoms with Crippen molar-refractivity contribution in [2.75, 3.05) is 31.3 Å². The number of ether oxygens (including phenoxy) is 3. The Morgan fingerprint density at radius 2 is 1.86 bits per heavy atom. The molecular formula is C17H24O4S. The number of rotatable bonds is 6. The Morgan fingerprint density at radius 3 is 2.45 bits per heavy atom. The molecule has 0 unspecified atom stereocenters. The van der Waals surface area contributed by atoms with Crippen LogP contribution in [0.1, 0.15) is 26.3 Å². The summed E-state index contributed by atoms with van der Waals surface area (Å²) in [4.78, 5) is 10.8. The van der Waals surface area contributed by atoms with Crippen LogP contribution in [-0.4, -0.2) is 37.3 Å². The lowest BCUT2D eigenvalue weighted by Gasteiger charge is -2.43. The molecule has 0 aromatic heterocycles. The minimum Gasteiger partial charge on any atom is -0.465 e. The van der Waals surface area contributed by atoms with Gasteiger partial charge in [0.25, 0.3) is 0 Å². The normalized spacial score (nSPS) is 19.6. The number of benzene rings is 1. The van der Waals surface area contributed by atoms with Crippen LogP contribution in [0, 0.1) is 5.41 Å². The second-order valence-electron chi connectivity index (χ2n) is 6.25. The Hall–Kier alpha value is -1.04. The van der Waals surface area contributed by atoms with Crippen LogP contribution in [-0.2, 0) is 24.8 Å². The number of hydrogen-bond acceptors (Lipinski definition) is 5. The lowest BCUT2D eigenvalue weighted by Crippen LogP contribution is -2.47. The molecule has 0 atom stereocenters. The first kappa shape index (κ1) is 17.3. The smallest absolute Gasteiger partial charge is 0.302 e. The van der Waals surface area contributed by atoms with Gasteiger partial charge in [-0.2, -0.15) is 11.8 Å². The SMILES string of the molecule is CC(=O)OCCSCC1(c2ccccc2)OCC(C)(C)CO1. The summed E-state index contributed by atoms with van der Waals surface area (Å²) in [5.41, 5.74) is 1.06. The van der Waals surface area contributed by atoms with E-state index >= 15 is 0 Å². The highest BCUT2D eigenvalue weighted by molar-refractivity contribution is 7.99. The first-order chi connectivity index (χ1) is 10.4. The number of hydrogen-bond donors (Lipinski definition) is 0. The summed E-state index contributed by atoms with van der Waals surface area (Å²) in [6.45, 7) is 7.42. The summed E-state index contributed by atoms with van der Waals surface area (Å²) < 4.78 is 17.2. The number of esters is 1. The lowest BCUT2D eigenvalue weighted by atomic mass is 9.93. The average molecular weight is 324 g/mol. The fraction of sp³-hybridized carbons (Fsp3) is 0.588. The number of thioether (sulfide) groups is 1. The highest BCUT2D eigenvalue weighted by Gasteiger charge is 2.41. The van der Waals surface area contributed by atoms with E-state index in [2.05, 4.69) is 13.8 Å². The van der Waals surface area contributed by atoms with E-state index in [1.54, 1.807) is 11.8 Å². The third-order valence-electron chi connectivity index (χ3n) is 3.43. The fourth-order valence-electron chi connectivity index (χ4n) is 2.18. The van der Waals surface area contributed by atoms with Gasteiger partial charge in [0, 0.05) is 23.7 Å². The zero-order chi connectivity index (χ0) is 16.1. The van der Waals surface area contributed by atoms with Crippen molar-refractivity contribution in [3.05, 3.63) is 35.9 Å². The molecule has 2 rings (SSSR count). The van der Waals surface area contributed by atoms with Crippen molar-refractivity contribution < 1.29 is 19.0 Å². The van der Waals surface area contributed by atoms with Crippen molar-refractivity contribution in [3.8, 4) is 0 Å². The molecule has 1 heterocycles. The van der Waals surface area contributed by atoms with Crippen LogP contribution < -0.4 is 0 Å². The van der Waals surface area contributed by atoms with Gasteiger partial charge in [0.15, 0.2) is 0 Å². The van der Waals surface area contributed by atoms with Gasteiger partial charge in [-0.25, -0.2) is 0 Å². The van der Waals surface area contributed by atoms with Crippen LogP contribution in [0.4, 0.5) is 0 Å². The van der Waals surface area contributed by atoms with E-state index in [0.29, 0.717) is 25.6 Å². The maximum atomic E-state index is 10.8. The third-order valence-corrected chi connectivity index (χ3v) is 4.47. The number of carbonyl (C=O) groups is 1. The van der Waals surface area contributed by atoms with Gasteiger partial charge < -0.3 is 14.2 Å². The summed E-state index contributed by atoms with van der Waals surface area (Å²) in [6, 6.07) is 10.0. The van der Waals surface area contributed by atoms with Crippen LogP contribution in [0.2, 0.25) is 0 Å². The summed E-state index contributed by atoms with van der Waals surface area (Å²) in [7, 11) is 0. The van der Waals surface area contributed by atoms with Gasteiger partial charge >= 0.3 is 5.97 Å². The van der Waals surface area contributed by atoms with E-state index in [1.165, 1.54) is 6.92 Å². The monoisotopic (exact) mass is 324 g/mol. The van der Waals surface area contributed by atoms with Crippen molar-refractivity contribution in [2.45, 2.75) is 26.6 Å². The lowest BCUT2D eigenvalue weighted by molar-refractivity contribution is -0.295. The predicted molar refractivity (Wildman–Crippen MR) is 87.8 cm³/mol. The van der Waals surface area contributed by atoms with Gasteiger partial charge in [0.1, 0.15) is 6.61 Å². The van der Waals surface area contributed by atoms with Crippen molar-refractivity contribution >= 4 is 17.7 Å². The van der Waals surface area contributed by atoms with Gasteiger partial charge in [-0.3, -0.25) is 4.79 Å². The third kappa shape index (κ3) is 4.73. The van der Waals surface area contributed by atoms with Crippen LogP contribution in [0.25, 0.3) is 0 Å².